The zero-order chi connectivity index (χ0) is 16.0. The van der Waals surface area contributed by atoms with Crippen LogP contribution in [0, 0.1) is 0 Å². The normalized spacial score (nSPS) is 11.3. The third kappa shape index (κ3) is 4.94. The lowest BCUT2D eigenvalue weighted by atomic mass is 10.0. The predicted molar refractivity (Wildman–Crippen MR) is 86.3 cm³/mol. The summed E-state index contributed by atoms with van der Waals surface area (Å²) in [6, 6.07) is 1.26. The van der Waals surface area contributed by atoms with Gasteiger partial charge in [0.15, 0.2) is 6.29 Å². The molecule has 0 aliphatic rings. The van der Waals surface area contributed by atoms with Crippen LogP contribution in [0.2, 0.25) is 5.02 Å². The predicted octanol–water partition coefficient (Wildman–Crippen LogP) is 4.80. The molecular weight excluding hydrogens is 288 g/mol. The lowest BCUT2D eigenvalue weighted by Gasteiger charge is -2.09. The van der Waals surface area contributed by atoms with E-state index in [1.165, 1.54) is 11.6 Å². The summed E-state index contributed by atoms with van der Waals surface area (Å²) in [6.07, 6.45) is 6.82. The van der Waals surface area contributed by atoms with Crippen LogP contribution in [-0.2, 0) is 6.42 Å². The molecule has 0 atom stereocenters. The Morgan fingerprint density at radius 3 is 2.43 bits per heavy atom. The van der Waals surface area contributed by atoms with Gasteiger partial charge in [0.1, 0.15) is 11.5 Å². The molecule has 0 amide bonds. The van der Waals surface area contributed by atoms with Gasteiger partial charge >= 0.3 is 0 Å². The van der Waals surface area contributed by atoms with Gasteiger partial charge in [-0.3, -0.25) is 4.79 Å². The topological polar surface area (TPSA) is 57.5 Å². The van der Waals surface area contributed by atoms with Crippen LogP contribution in [0.15, 0.2) is 29.4 Å². The maximum absolute atomic E-state index is 10.9. The first-order chi connectivity index (χ1) is 9.86. The maximum atomic E-state index is 10.9. The lowest BCUT2D eigenvalue weighted by molar-refractivity contribution is 0.112. The standard InChI is InChI=1S/C17H21ClO3/c1-11(2)5-4-6-12(3)7-8-14-16(20)13(10-19)9-15(18)17(14)21/h5,7,9-10,20-21H,4,6,8H2,1-3H3. The summed E-state index contributed by atoms with van der Waals surface area (Å²) in [5.41, 5.74) is 2.80. The van der Waals surface area contributed by atoms with Crippen molar-refractivity contribution in [3.8, 4) is 11.5 Å². The highest BCUT2D eigenvalue weighted by molar-refractivity contribution is 6.32. The molecule has 114 valence electrons. The molecular formula is C17H21ClO3. The largest absolute Gasteiger partial charge is 0.507 e. The first kappa shape index (κ1) is 17.3. The summed E-state index contributed by atoms with van der Waals surface area (Å²) in [7, 11) is 0. The number of hydrogen-bond donors (Lipinski definition) is 2. The van der Waals surface area contributed by atoms with Crippen LogP contribution < -0.4 is 0 Å². The summed E-state index contributed by atoms with van der Waals surface area (Å²) in [5.74, 6) is -0.381. The first-order valence-corrected chi connectivity index (χ1v) is 7.22. The maximum Gasteiger partial charge on any atom is 0.153 e. The molecule has 0 saturated carbocycles. The number of allylic oxidation sites excluding steroid dienone is 4. The number of carbonyl (C=O) groups is 1. The molecule has 0 heterocycles. The number of halogens is 1. The highest BCUT2D eigenvalue weighted by atomic mass is 35.5. The minimum atomic E-state index is -0.208. The molecule has 0 aromatic heterocycles. The van der Waals surface area contributed by atoms with E-state index in [9.17, 15) is 15.0 Å². The van der Waals surface area contributed by atoms with Crippen molar-refractivity contribution in [1.29, 1.82) is 0 Å². The molecule has 21 heavy (non-hydrogen) atoms. The van der Waals surface area contributed by atoms with E-state index in [0.29, 0.717) is 12.7 Å². The number of phenolic OH excluding ortho intramolecular Hbond substituents is 2. The number of aldehydes is 1. The second-order valence-corrected chi connectivity index (χ2v) is 5.72. The summed E-state index contributed by atoms with van der Waals surface area (Å²) in [6.45, 7) is 6.11. The summed E-state index contributed by atoms with van der Waals surface area (Å²) >= 11 is 5.86. The molecule has 1 aromatic carbocycles. The van der Waals surface area contributed by atoms with Crippen LogP contribution in [0.5, 0.6) is 11.5 Å². The second kappa shape index (κ2) is 7.89. The molecule has 0 unspecified atom stereocenters. The van der Waals surface area contributed by atoms with E-state index < -0.39 is 0 Å². The van der Waals surface area contributed by atoms with Gasteiger partial charge in [-0.2, -0.15) is 0 Å². The van der Waals surface area contributed by atoms with Crippen molar-refractivity contribution >= 4 is 17.9 Å². The van der Waals surface area contributed by atoms with Crippen LogP contribution in [-0.4, -0.2) is 16.5 Å². The molecule has 0 saturated heterocycles. The number of hydrogen-bond acceptors (Lipinski definition) is 3. The molecule has 0 fully saturated rings. The van der Waals surface area contributed by atoms with Crippen LogP contribution in [0.4, 0.5) is 0 Å². The van der Waals surface area contributed by atoms with Gasteiger partial charge in [0.2, 0.25) is 0 Å². The number of benzene rings is 1. The summed E-state index contributed by atoms with van der Waals surface area (Å²) in [5, 5.41) is 20.0. The zero-order valence-electron chi connectivity index (χ0n) is 12.6. The lowest BCUT2D eigenvalue weighted by Crippen LogP contribution is -1.92. The van der Waals surface area contributed by atoms with Crippen molar-refractivity contribution in [2.75, 3.05) is 0 Å². The van der Waals surface area contributed by atoms with Crippen molar-refractivity contribution in [3.05, 3.63) is 45.5 Å². The van der Waals surface area contributed by atoms with Gasteiger partial charge in [-0.05, 0) is 46.1 Å². The van der Waals surface area contributed by atoms with Crippen molar-refractivity contribution in [2.45, 2.75) is 40.0 Å². The van der Waals surface area contributed by atoms with Gasteiger partial charge in [-0.25, -0.2) is 0 Å². The van der Waals surface area contributed by atoms with E-state index in [0.717, 1.165) is 18.4 Å². The van der Waals surface area contributed by atoms with Crippen LogP contribution in [0.25, 0.3) is 0 Å². The Morgan fingerprint density at radius 2 is 1.86 bits per heavy atom. The molecule has 0 bridgehead atoms. The minimum Gasteiger partial charge on any atom is -0.507 e. The average Bonchev–Trinajstić information content (AvgIpc) is 2.42. The minimum absolute atomic E-state index is 0.0699. The highest BCUT2D eigenvalue weighted by Gasteiger charge is 2.15. The average molecular weight is 309 g/mol. The SMILES string of the molecule is CC(C)=CCCC(C)=CCc1c(O)c(Cl)cc(C=O)c1O. The third-order valence-electron chi connectivity index (χ3n) is 3.23. The Morgan fingerprint density at radius 1 is 1.19 bits per heavy atom. The Hall–Kier alpha value is -1.74. The number of phenols is 2. The van der Waals surface area contributed by atoms with E-state index in [1.54, 1.807) is 0 Å². The van der Waals surface area contributed by atoms with Crippen LogP contribution in [0.3, 0.4) is 0 Å². The molecule has 3 nitrogen and oxygen atoms in total. The van der Waals surface area contributed by atoms with Crippen molar-refractivity contribution in [2.24, 2.45) is 0 Å². The summed E-state index contributed by atoms with van der Waals surface area (Å²) < 4.78 is 0. The smallest absolute Gasteiger partial charge is 0.153 e. The molecule has 0 aliphatic heterocycles. The van der Waals surface area contributed by atoms with Crippen LogP contribution in [0.1, 0.15) is 49.5 Å². The Bertz CT molecular complexity index is 582. The monoisotopic (exact) mass is 308 g/mol. The quantitative estimate of drug-likeness (QED) is 0.586. The van der Waals surface area contributed by atoms with Gasteiger partial charge in [0.25, 0.3) is 0 Å². The fourth-order valence-corrected chi connectivity index (χ4v) is 2.19. The van der Waals surface area contributed by atoms with E-state index in [-0.39, 0.29) is 27.6 Å². The van der Waals surface area contributed by atoms with Crippen molar-refractivity contribution < 1.29 is 15.0 Å². The van der Waals surface area contributed by atoms with Crippen molar-refractivity contribution in [3.63, 3.8) is 0 Å². The number of aromatic hydroxyl groups is 2. The molecule has 2 N–H and O–H groups in total. The Kier molecular flexibility index (Phi) is 6.50. The molecule has 0 aliphatic carbocycles. The molecule has 0 spiro atoms. The fourth-order valence-electron chi connectivity index (χ4n) is 1.95. The first-order valence-electron chi connectivity index (χ1n) is 6.84. The van der Waals surface area contributed by atoms with Crippen molar-refractivity contribution in [1.82, 2.24) is 0 Å². The summed E-state index contributed by atoms with van der Waals surface area (Å²) in [4.78, 5) is 10.9. The van der Waals surface area contributed by atoms with Gasteiger partial charge in [-0.1, -0.05) is 34.9 Å². The molecule has 1 rings (SSSR count). The molecule has 4 heteroatoms. The number of rotatable bonds is 6. The van der Waals surface area contributed by atoms with Gasteiger partial charge in [0.05, 0.1) is 10.6 Å². The molecule has 1 aromatic rings. The van der Waals surface area contributed by atoms with Gasteiger partial charge in [0, 0.05) is 5.56 Å². The van der Waals surface area contributed by atoms with E-state index in [4.69, 9.17) is 11.6 Å². The zero-order valence-corrected chi connectivity index (χ0v) is 13.4. The van der Waals surface area contributed by atoms with E-state index >= 15 is 0 Å². The highest BCUT2D eigenvalue weighted by Crippen LogP contribution is 2.37. The Balaban J connectivity index is 2.90. The van der Waals surface area contributed by atoms with Gasteiger partial charge in [-0.15, -0.1) is 0 Å². The number of carbonyl (C=O) groups excluding carboxylic acids is 1. The second-order valence-electron chi connectivity index (χ2n) is 5.32. The van der Waals surface area contributed by atoms with Gasteiger partial charge < -0.3 is 10.2 Å². The molecule has 0 radical (unpaired) electrons. The van der Waals surface area contributed by atoms with E-state index in [1.807, 2.05) is 13.0 Å². The fraction of sp³-hybridized carbons (Fsp3) is 0.353. The third-order valence-corrected chi connectivity index (χ3v) is 3.51. The van der Waals surface area contributed by atoms with Crippen LogP contribution >= 0.6 is 11.6 Å². The van der Waals surface area contributed by atoms with E-state index in [2.05, 4.69) is 19.9 Å². The Labute approximate surface area is 130 Å².